The fraction of sp³-hybridized carbons (Fsp3) is 0.158. The van der Waals surface area contributed by atoms with Crippen molar-refractivity contribution in [1.29, 1.82) is 0 Å². The number of aryl methyl sites for hydroxylation is 2. The lowest BCUT2D eigenvalue weighted by atomic mass is 10.1. The number of rotatable bonds is 3. The van der Waals surface area contributed by atoms with E-state index in [0.717, 1.165) is 46.4 Å². The third kappa shape index (κ3) is 2.53. The van der Waals surface area contributed by atoms with Crippen LogP contribution in [0.3, 0.4) is 0 Å². The standard InChI is InChI=1S/C19H15N5O3/c1-10-21-19(27-24-10)18-17(14-6-7-20-9-16(14)26-18)22-12-3-4-13-11(8-12)2-5-15(13)23-25/h3-4,6-9,22,25H,2,5H2,1H3/b23-15+. The van der Waals surface area contributed by atoms with Gasteiger partial charge in [-0.1, -0.05) is 16.4 Å². The lowest BCUT2D eigenvalue weighted by Crippen LogP contribution is -1.96. The highest BCUT2D eigenvalue weighted by atomic mass is 16.5. The first kappa shape index (κ1) is 15.6. The molecule has 0 spiro atoms. The first-order valence-corrected chi connectivity index (χ1v) is 8.51. The minimum Gasteiger partial charge on any atom is -0.447 e. The molecule has 0 amide bonds. The molecule has 0 unspecified atom stereocenters. The van der Waals surface area contributed by atoms with Gasteiger partial charge in [-0.15, -0.1) is 0 Å². The molecule has 1 aliphatic carbocycles. The predicted molar refractivity (Wildman–Crippen MR) is 98.4 cm³/mol. The molecule has 8 heteroatoms. The Labute approximate surface area is 153 Å². The van der Waals surface area contributed by atoms with E-state index in [9.17, 15) is 0 Å². The highest BCUT2D eigenvalue weighted by molar-refractivity contribution is 6.05. The monoisotopic (exact) mass is 361 g/mol. The number of pyridine rings is 1. The van der Waals surface area contributed by atoms with Crippen LogP contribution in [0, 0.1) is 6.92 Å². The summed E-state index contributed by atoms with van der Waals surface area (Å²) in [5.74, 6) is 1.31. The van der Waals surface area contributed by atoms with Crippen molar-refractivity contribution in [3.8, 4) is 11.7 Å². The summed E-state index contributed by atoms with van der Waals surface area (Å²) in [5, 5.41) is 20.6. The van der Waals surface area contributed by atoms with E-state index in [2.05, 4.69) is 31.7 Å². The maximum absolute atomic E-state index is 9.10. The van der Waals surface area contributed by atoms with Crippen LogP contribution in [-0.2, 0) is 6.42 Å². The SMILES string of the molecule is Cc1noc(-c2oc3cnccc3c2Nc2ccc3c(c2)CC/C3=N\O)n1. The van der Waals surface area contributed by atoms with Crippen LogP contribution in [0.4, 0.5) is 11.4 Å². The average Bonchev–Trinajstić information content (AvgIpc) is 3.38. The maximum atomic E-state index is 9.10. The van der Waals surface area contributed by atoms with Crippen LogP contribution in [0.2, 0.25) is 0 Å². The Morgan fingerprint density at radius 1 is 1.22 bits per heavy atom. The van der Waals surface area contributed by atoms with E-state index in [1.807, 2.05) is 18.2 Å². The second-order valence-electron chi connectivity index (χ2n) is 6.37. The number of nitrogens with zero attached hydrogens (tertiary/aromatic N) is 4. The predicted octanol–water partition coefficient (Wildman–Crippen LogP) is 4.05. The van der Waals surface area contributed by atoms with Gasteiger partial charge in [-0.2, -0.15) is 4.98 Å². The Balaban J connectivity index is 1.61. The van der Waals surface area contributed by atoms with Gasteiger partial charge >= 0.3 is 0 Å². The van der Waals surface area contributed by atoms with E-state index in [4.69, 9.17) is 14.1 Å². The van der Waals surface area contributed by atoms with Gasteiger partial charge in [-0.05, 0) is 43.5 Å². The van der Waals surface area contributed by atoms with Gasteiger partial charge in [0.25, 0.3) is 5.89 Å². The van der Waals surface area contributed by atoms with Crippen molar-refractivity contribution in [3.63, 3.8) is 0 Å². The minimum absolute atomic E-state index is 0.307. The molecule has 0 aliphatic heterocycles. The van der Waals surface area contributed by atoms with Crippen molar-refractivity contribution in [2.75, 3.05) is 5.32 Å². The number of anilines is 2. The molecule has 5 rings (SSSR count). The molecule has 3 heterocycles. The maximum Gasteiger partial charge on any atom is 0.295 e. The zero-order chi connectivity index (χ0) is 18.4. The Kier molecular flexibility index (Phi) is 3.43. The zero-order valence-corrected chi connectivity index (χ0v) is 14.4. The Morgan fingerprint density at radius 2 is 2.15 bits per heavy atom. The van der Waals surface area contributed by atoms with Crippen molar-refractivity contribution in [3.05, 3.63) is 53.6 Å². The summed E-state index contributed by atoms with van der Waals surface area (Å²) < 4.78 is 11.2. The smallest absolute Gasteiger partial charge is 0.295 e. The summed E-state index contributed by atoms with van der Waals surface area (Å²) in [6, 6.07) is 7.83. The number of furan rings is 1. The van der Waals surface area contributed by atoms with Gasteiger partial charge in [0.05, 0.1) is 17.6 Å². The molecule has 3 aromatic heterocycles. The van der Waals surface area contributed by atoms with E-state index in [0.29, 0.717) is 23.1 Å². The van der Waals surface area contributed by atoms with Crippen LogP contribution in [-0.4, -0.2) is 26.0 Å². The fourth-order valence-electron chi connectivity index (χ4n) is 3.41. The van der Waals surface area contributed by atoms with Gasteiger partial charge in [0.1, 0.15) is 0 Å². The number of aromatic nitrogens is 3. The normalized spacial score (nSPS) is 14.8. The number of hydrogen-bond acceptors (Lipinski definition) is 8. The van der Waals surface area contributed by atoms with Crippen molar-refractivity contribution in [2.24, 2.45) is 5.16 Å². The Hall–Kier alpha value is -3.68. The molecule has 1 aliphatic rings. The lowest BCUT2D eigenvalue weighted by Gasteiger charge is -2.08. The Bertz CT molecular complexity index is 1190. The largest absolute Gasteiger partial charge is 0.447 e. The topological polar surface area (TPSA) is 110 Å². The quantitative estimate of drug-likeness (QED) is 0.418. The molecule has 0 saturated carbocycles. The van der Waals surface area contributed by atoms with Crippen molar-refractivity contribution >= 4 is 28.1 Å². The van der Waals surface area contributed by atoms with Gasteiger partial charge in [-0.3, -0.25) is 4.98 Å². The average molecular weight is 361 g/mol. The van der Waals surface area contributed by atoms with E-state index < -0.39 is 0 Å². The van der Waals surface area contributed by atoms with Crippen molar-refractivity contribution < 1.29 is 14.1 Å². The van der Waals surface area contributed by atoms with Crippen LogP contribution in [0.25, 0.3) is 22.6 Å². The summed E-state index contributed by atoms with van der Waals surface area (Å²) in [5.41, 5.74) is 5.10. The first-order valence-electron chi connectivity index (χ1n) is 8.51. The van der Waals surface area contributed by atoms with Gasteiger partial charge < -0.3 is 19.5 Å². The first-order chi connectivity index (χ1) is 13.2. The second-order valence-corrected chi connectivity index (χ2v) is 6.37. The molecule has 0 radical (unpaired) electrons. The minimum atomic E-state index is 0.307. The summed E-state index contributed by atoms with van der Waals surface area (Å²) >= 11 is 0. The molecule has 0 bridgehead atoms. The number of fused-ring (bicyclic) bond motifs is 2. The second kappa shape index (κ2) is 5.94. The van der Waals surface area contributed by atoms with Gasteiger partial charge in [0.15, 0.2) is 11.4 Å². The number of nitrogens with one attached hydrogen (secondary N) is 1. The molecule has 0 saturated heterocycles. The van der Waals surface area contributed by atoms with Crippen LogP contribution in [0.5, 0.6) is 0 Å². The summed E-state index contributed by atoms with van der Waals surface area (Å²) in [6.45, 7) is 1.76. The molecule has 4 aromatic rings. The van der Waals surface area contributed by atoms with Crippen LogP contribution < -0.4 is 5.32 Å². The highest BCUT2D eigenvalue weighted by Crippen LogP contribution is 2.39. The van der Waals surface area contributed by atoms with E-state index >= 15 is 0 Å². The van der Waals surface area contributed by atoms with Gasteiger partial charge in [0.2, 0.25) is 5.76 Å². The molecule has 1 aromatic carbocycles. The van der Waals surface area contributed by atoms with E-state index in [1.54, 1.807) is 19.3 Å². The zero-order valence-electron chi connectivity index (χ0n) is 14.4. The lowest BCUT2D eigenvalue weighted by molar-refractivity contribution is 0.318. The molecule has 0 fully saturated rings. The molecule has 8 nitrogen and oxygen atoms in total. The van der Waals surface area contributed by atoms with Crippen LogP contribution >= 0.6 is 0 Å². The van der Waals surface area contributed by atoms with Gasteiger partial charge in [0, 0.05) is 22.8 Å². The van der Waals surface area contributed by atoms with E-state index in [1.165, 1.54) is 0 Å². The molecular weight excluding hydrogens is 346 g/mol. The third-order valence-corrected chi connectivity index (χ3v) is 4.65. The molecule has 2 N–H and O–H groups in total. The number of hydrogen-bond donors (Lipinski definition) is 2. The van der Waals surface area contributed by atoms with Crippen LogP contribution in [0.1, 0.15) is 23.4 Å². The van der Waals surface area contributed by atoms with E-state index in [-0.39, 0.29) is 0 Å². The number of benzene rings is 1. The van der Waals surface area contributed by atoms with Crippen LogP contribution in [0.15, 0.2) is 50.8 Å². The summed E-state index contributed by atoms with van der Waals surface area (Å²) in [4.78, 5) is 8.40. The summed E-state index contributed by atoms with van der Waals surface area (Å²) in [7, 11) is 0. The highest BCUT2D eigenvalue weighted by Gasteiger charge is 2.22. The molecule has 134 valence electrons. The molecule has 27 heavy (non-hydrogen) atoms. The van der Waals surface area contributed by atoms with Crippen molar-refractivity contribution in [1.82, 2.24) is 15.1 Å². The molecule has 0 atom stereocenters. The Morgan fingerprint density at radius 3 is 2.96 bits per heavy atom. The molecular formula is C19H15N5O3. The third-order valence-electron chi connectivity index (χ3n) is 4.65. The number of oxime groups is 1. The fourth-order valence-corrected chi connectivity index (χ4v) is 3.41. The van der Waals surface area contributed by atoms with Crippen molar-refractivity contribution in [2.45, 2.75) is 19.8 Å². The van der Waals surface area contributed by atoms with Gasteiger partial charge in [-0.25, -0.2) is 0 Å². The summed E-state index contributed by atoms with van der Waals surface area (Å²) in [6.07, 6.45) is 4.94.